The van der Waals surface area contributed by atoms with Crippen molar-refractivity contribution in [2.75, 3.05) is 6.61 Å². The van der Waals surface area contributed by atoms with Gasteiger partial charge in [-0.2, -0.15) is 0 Å². The first-order valence-electron chi connectivity index (χ1n) is 14.8. The number of allylic oxidation sites excluding steroid dienone is 3. The molecule has 1 saturated carbocycles. The largest absolute Gasteiger partial charge is 0.256 e. The van der Waals surface area contributed by atoms with Gasteiger partial charge in [0, 0.05) is 28.5 Å². The Hall–Kier alpha value is -2.30. The van der Waals surface area contributed by atoms with Crippen molar-refractivity contribution in [3.05, 3.63) is 71.8 Å². The molecule has 1 aliphatic heterocycles. The number of nitrogens with zero attached hydrogens (tertiary/aromatic N) is 1. The third kappa shape index (κ3) is 4.29. The molecule has 3 nitrogen and oxygen atoms in total. The van der Waals surface area contributed by atoms with Crippen molar-refractivity contribution in [1.82, 2.24) is 4.98 Å². The lowest BCUT2D eigenvalue weighted by molar-refractivity contribution is -0.423. The first-order valence-corrected chi connectivity index (χ1v) is 14.8. The number of pyridine rings is 1. The molecular formula is C34H44FNO2. The molecule has 0 radical (unpaired) electrons. The van der Waals surface area contributed by atoms with Crippen LogP contribution in [-0.2, 0) is 9.78 Å². The topological polar surface area (TPSA) is 31.4 Å². The maximum Gasteiger partial charge on any atom is 0.123 e. The second-order valence-electron chi connectivity index (χ2n) is 12.1. The molecule has 0 spiro atoms. The predicted molar refractivity (Wildman–Crippen MR) is 153 cm³/mol. The minimum atomic E-state index is -0.230. The Morgan fingerprint density at radius 2 is 1.89 bits per heavy atom. The van der Waals surface area contributed by atoms with E-state index in [1.165, 1.54) is 18.9 Å². The summed E-state index contributed by atoms with van der Waals surface area (Å²) in [6.07, 6.45) is 17.0. The molecule has 0 bridgehead atoms. The molecule has 0 amide bonds. The molecule has 3 aliphatic rings. The maximum absolute atomic E-state index is 13.7. The van der Waals surface area contributed by atoms with Crippen LogP contribution in [0, 0.1) is 33.9 Å². The van der Waals surface area contributed by atoms with Crippen molar-refractivity contribution < 1.29 is 14.2 Å². The number of aromatic nitrogens is 1. The zero-order valence-electron chi connectivity index (χ0n) is 23.8. The van der Waals surface area contributed by atoms with Crippen molar-refractivity contribution >= 4 is 6.08 Å². The Bertz CT molecular complexity index is 1190. The van der Waals surface area contributed by atoms with Gasteiger partial charge in [-0.05, 0) is 86.1 Å². The number of halogens is 1. The van der Waals surface area contributed by atoms with Gasteiger partial charge in [0.05, 0.1) is 18.4 Å². The highest BCUT2D eigenvalue weighted by Gasteiger charge is 2.67. The molecule has 5 rings (SSSR count). The van der Waals surface area contributed by atoms with Gasteiger partial charge in [0.25, 0.3) is 0 Å². The molecule has 0 unspecified atom stereocenters. The van der Waals surface area contributed by atoms with Gasteiger partial charge in [-0.25, -0.2) is 14.2 Å². The molecule has 2 aromatic rings. The SMILES string of the molecule is CC[C@H]1OOC[C@]2(CC)C[C@]3(CC)C[C@H](C)CC=C3[C@H](/C=C/c3ccc(-c4cccc(F)c4)cn3)[C@]12CC. The zero-order chi connectivity index (χ0) is 27.0. The lowest BCUT2D eigenvalue weighted by atomic mass is 9.39. The Labute approximate surface area is 228 Å². The predicted octanol–water partition coefficient (Wildman–Crippen LogP) is 9.21. The molecule has 2 heterocycles. The molecule has 1 aromatic carbocycles. The van der Waals surface area contributed by atoms with Crippen LogP contribution >= 0.6 is 0 Å². The van der Waals surface area contributed by atoms with Gasteiger partial charge in [-0.3, -0.25) is 4.98 Å². The molecule has 0 N–H and O–H groups in total. The van der Waals surface area contributed by atoms with Gasteiger partial charge in [0.15, 0.2) is 0 Å². The summed E-state index contributed by atoms with van der Waals surface area (Å²) in [7, 11) is 0. The van der Waals surface area contributed by atoms with E-state index in [1.54, 1.807) is 17.7 Å². The number of rotatable bonds is 7. The molecule has 38 heavy (non-hydrogen) atoms. The summed E-state index contributed by atoms with van der Waals surface area (Å²) >= 11 is 0. The minimum Gasteiger partial charge on any atom is -0.256 e. The van der Waals surface area contributed by atoms with Crippen LogP contribution in [0.15, 0.2) is 60.3 Å². The molecule has 4 heteroatoms. The van der Waals surface area contributed by atoms with Crippen LogP contribution in [-0.4, -0.2) is 17.7 Å². The van der Waals surface area contributed by atoms with E-state index in [2.05, 4.69) is 52.8 Å². The minimum absolute atomic E-state index is 0.0299. The maximum atomic E-state index is 13.7. The van der Waals surface area contributed by atoms with Gasteiger partial charge >= 0.3 is 0 Å². The molecule has 1 aromatic heterocycles. The standard InChI is InChI=1S/C34H44FNO2/c1-6-31-34(9-4)30(18-16-28-15-14-26(21-36-28)25-11-10-12-27(35)19-25)29-17-13-24(5)20-32(29,7-2)22-33(34,8-3)23-37-38-31/h10-12,14-19,21,24,30-31H,6-9,13,20,22-23H2,1-5H3/b18-16+/t24-,30+,31-,32+,33+,34-/m1/s1. The summed E-state index contributed by atoms with van der Waals surface area (Å²) < 4.78 is 13.7. The van der Waals surface area contributed by atoms with Crippen LogP contribution in [0.4, 0.5) is 4.39 Å². The number of hydrogen-bond acceptors (Lipinski definition) is 3. The van der Waals surface area contributed by atoms with Gasteiger partial charge < -0.3 is 0 Å². The van der Waals surface area contributed by atoms with Crippen molar-refractivity contribution in [2.24, 2.45) is 28.1 Å². The van der Waals surface area contributed by atoms with E-state index in [9.17, 15) is 4.39 Å². The van der Waals surface area contributed by atoms with Crippen LogP contribution < -0.4 is 0 Å². The van der Waals surface area contributed by atoms with E-state index in [0.29, 0.717) is 12.5 Å². The van der Waals surface area contributed by atoms with Crippen LogP contribution in [0.25, 0.3) is 17.2 Å². The normalized spacial score (nSPS) is 35.0. The second-order valence-corrected chi connectivity index (χ2v) is 12.1. The van der Waals surface area contributed by atoms with Crippen LogP contribution in [0.2, 0.25) is 0 Å². The smallest absolute Gasteiger partial charge is 0.123 e. The Morgan fingerprint density at radius 1 is 1.05 bits per heavy atom. The van der Waals surface area contributed by atoms with E-state index < -0.39 is 0 Å². The van der Waals surface area contributed by atoms with Gasteiger partial charge in [0.2, 0.25) is 0 Å². The summed E-state index contributed by atoms with van der Waals surface area (Å²) in [5.74, 6) is 0.741. The average molecular weight is 518 g/mol. The highest BCUT2D eigenvalue weighted by molar-refractivity contribution is 5.63. The van der Waals surface area contributed by atoms with Crippen LogP contribution in [0.5, 0.6) is 0 Å². The first-order chi connectivity index (χ1) is 18.4. The van der Waals surface area contributed by atoms with E-state index in [-0.39, 0.29) is 34.1 Å². The monoisotopic (exact) mass is 517 g/mol. The molecule has 204 valence electrons. The van der Waals surface area contributed by atoms with Crippen molar-refractivity contribution in [3.8, 4) is 11.1 Å². The average Bonchev–Trinajstić information content (AvgIpc) is 2.94. The quantitative estimate of drug-likeness (QED) is 0.271. The second kappa shape index (κ2) is 10.7. The fraction of sp³-hybridized carbons (Fsp3) is 0.559. The summed E-state index contributed by atoms with van der Waals surface area (Å²) in [6.45, 7) is 12.4. The highest BCUT2D eigenvalue weighted by Crippen LogP contribution is 2.71. The molecule has 1 saturated heterocycles. The van der Waals surface area contributed by atoms with Crippen LogP contribution in [0.3, 0.4) is 0 Å². The van der Waals surface area contributed by atoms with Crippen LogP contribution in [0.1, 0.15) is 85.3 Å². The van der Waals surface area contributed by atoms with E-state index >= 15 is 0 Å². The third-order valence-corrected chi connectivity index (χ3v) is 10.5. The Morgan fingerprint density at radius 3 is 2.55 bits per heavy atom. The van der Waals surface area contributed by atoms with Gasteiger partial charge in [-0.1, -0.05) is 70.5 Å². The molecule has 2 aliphatic carbocycles. The highest BCUT2D eigenvalue weighted by atomic mass is 19.1. The lowest BCUT2D eigenvalue weighted by Crippen LogP contribution is -2.65. The number of fused-ring (bicyclic) bond motifs is 2. The number of hydrogen-bond donors (Lipinski definition) is 0. The molecule has 6 atom stereocenters. The summed E-state index contributed by atoms with van der Waals surface area (Å²) in [4.78, 5) is 16.9. The van der Waals surface area contributed by atoms with E-state index in [1.807, 2.05) is 24.4 Å². The first kappa shape index (κ1) is 27.3. The number of benzene rings is 1. The fourth-order valence-corrected chi connectivity index (χ4v) is 8.60. The molecule has 2 fully saturated rings. The third-order valence-electron chi connectivity index (χ3n) is 10.5. The van der Waals surface area contributed by atoms with E-state index in [4.69, 9.17) is 14.8 Å². The Kier molecular flexibility index (Phi) is 7.68. The van der Waals surface area contributed by atoms with Gasteiger partial charge in [-0.15, -0.1) is 0 Å². The summed E-state index contributed by atoms with van der Waals surface area (Å²) in [5, 5.41) is 0. The van der Waals surface area contributed by atoms with Crippen molar-refractivity contribution in [2.45, 2.75) is 85.7 Å². The summed E-state index contributed by atoms with van der Waals surface area (Å²) in [5.41, 5.74) is 4.56. The Balaban J connectivity index is 1.59. The zero-order valence-corrected chi connectivity index (χ0v) is 23.8. The fourth-order valence-electron chi connectivity index (χ4n) is 8.60. The van der Waals surface area contributed by atoms with Gasteiger partial charge in [0.1, 0.15) is 5.82 Å². The molecular weight excluding hydrogens is 473 g/mol. The summed E-state index contributed by atoms with van der Waals surface area (Å²) in [6, 6.07) is 10.8. The van der Waals surface area contributed by atoms with E-state index in [0.717, 1.165) is 48.9 Å². The lowest BCUT2D eigenvalue weighted by Gasteiger charge is -2.67. The van der Waals surface area contributed by atoms with Crippen molar-refractivity contribution in [3.63, 3.8) is 0 Å². The van der Waals surface area contributed by atoms with Crippen molar-refractivity contribution in [1.29, 1.82) is 0 Å².